The second-order valence-corrected chi connectivity index (χ2v) is 6.33. The summed E-state index contributed by atoms with van der Waals surface area (Å²) in [6.07, 6.45) is 0. The fourth-order valence-corrected chi connectivity index (χ4v) is 2.98. The van der Waals surface area contributed by atoms with Gasteiger partial charge in [0, 0.05) is 15.1 Å². The molecule has 3 rings (SSSR count). The first-order chi connectivity index (χ1) is 11.1. The van der Waals surface area contributed by atoms with Crippen molar-refractivity contribution in [2.75, 3.05) is 0 Å². The second kappa shape index (κ2) is 7.16. The minimum absolute atomic E-state index is 0.351. The van der Waals surface area contributed by atoms with E-state index < -0.39 is 0 Å². The molecule has 4 heteroatoms. The summed E-state index contributed by atoms with van der Waals surface area (Å²) in [5, 5.41) is 0.380. The molecule has 0 aliphatic carbocycles. The SMILES string of the molecule is Fc1cc(Cl)ccc1-c1ccc(OCc2ccccc2)cc1Br. The summed E-state index contributed by atoms with van der Waals surface area (Å²) in [6.45, 7) is 0.488. The molecule has 116 valence electrons. The van der Waals surface area contributed by atoms with Crippen molar-refractivity contribution in [1.82, 2.24) is 0 Å². The van der Waals surface area contributed by atoms with E-state index in [0.717, 1.165) is 21.3 Å². The van der Waals surface area contributed by atoms with E-state index in [-0.39, 0.29) is 5.82 Å². The molecule has 0 bridgehead atoms. The fraction of sp³-hybridized carbons (Fsp3) is 0.0526. The number of rotatable bonds is 4. The summed E-state index contributed by atoms with van der Waals surface area (Å²) in [5.74, 6) is 0.370. The highest BCUT2D eigenvalue weighted by Gasteiger charge is 2.10. The minimum atomic E-state index is -0.351. The lowest BCUT2D eigenvalue weighted by molar-refractivity contribution is 0.306. The van der Waals surface area contributed by atoms with Gasteiger partial charge in [-0.2, -0.15) is 0 Å². The van der Waals surface area contributed by atoms with Crippen molar-refractivity contribution < 1.29 is 9.13 Å². The van der Waals surface area contributed by atoms with Crippen LogP contribution in [-0.4, -0.2) is 0 Å². The first kappa shape index (κ1) is 16.0. The molecule has 23 heavy (non-hydrogen) atoms. The zero-order valence-corrected chi connectivity index (χ0v) is 14.4. The van der Waals surface area contributed by atoms with Crippen molar-refractivity contribution in [3.63, 3.8) is 0 Å². The van der Waals surface area contributed by atoms with Gasteiger partial charge >= 0.3 is 0 Å². The van der Waals surface area contributed by atoms with Crippen LogP contribution >= 0.6 is 27.5 Å². The van der Waals surface area contributed by atoms with Crippen LogP contribution in [0.2, 0.25) is 5.02 Å². The Bertz CT molecular complexity index is 821. The summed E-state index contributed by atoms with van der Waals surface area (Å²) < 4.78 is 20.6. The number of halogens is 3. The highest BCUT2D eigenvalue weighted by Crippen LogP contribution is 2.34. The van der Waals surface area contributed by atoms with Crippen molar-refractivity contribution in [2.45, 2.75) is 6.61 Å². The van der Waals surface area contributed by atoms with Crippen LogP contribution in [0.15, 0.2) is 71.2 Å². The molecule has 0 amide bonds. The van der Waals surface area contributed by atoms with Gasteiger partial charge in [0.1, 0.15) is 18.2 Å². The predicted octanol–water partition coefficient (Wildman–Crippen LogP) is 6.49. The van der Waals surface area contributed by atoms with Gasteiger partial charge in [-0.15, -0.1) is 0 Å². The van der Waals surface area contributed by atoms with E-state index in [0.29, 0.717) is 17.2 Å². The summed E-state index contributed by atoms with van der Waals surface area (Å²) in [6, 6.07) is 20.1. The molecule has 0 aromatic heterocycles. The number of hydrogen-bond acceptors (Lipinski definition) is 1. The third kappa shape index (κ3) is 3.92. The first-order valence-corrected chi connectivity index (χ1v) is 8.22. The highest BCUT2D eigenvalue weighted by molar-refractivity contribution is 9.10. The minimum Gasteiger partial charge on any atom is -0.489 e. The first-order valence-electron chi connectivity index (χ1n) is 7.05. The van der Waals surface area contributed by atoms with E-state index >= 15 is 0 Å². The molecule has 3 aromatic rings. The average molecular weight is 392 g/mol. The Morgan fingerprint density at radius 1 is 0.913 bits per heavy atom. The smallest absolute Gasteiger partial charge is 0.132 e. The number of benzene rings is 3. The van der Waals surface area contributed by atoms with Crippen LogP contribution in [0.25, 0.3) is 11.1 Å². The van der Waals surface area contributed by atoms with Gasteiger partial charge in [-0.25, -0.2) is 4.39 Å². The number of ether oxygens (including phenoxy) is 1. The van der Waals surface area contributed by atoms with Gasteiger partial charge in [-0.1, -0.05) is 57.9 Å². The molecule has 0 saturated carbocycles. The predicted molar refractivity (Wildman–Crippen MR) is 95.3 cm³/mol. The Balaban J connectivity index is 1.80. The van der Waals surface area contributed by atoms with Gasteiger partial charge in [0.25, 0.3) is 0 Å². The Kier molecular flexibility index (Phi) is 4.99. The maximum Gasteiger partial charge on any atom is 0.132 e. The van der Waals surface area contributed by atoms with E-state index in [1.54, 1.807) is 12.1 Å². The van der Waals surface area contributed by atoms with Crippen LogP contribution in [0.3, 0.4) is 0 Å². The fourth-order valence-electron chi connectivity index (χ4n) is 2.25. The quantitative estimate of drug-likeness (QED) is 0.494. The third-order valence-electron chi connectivity index (χ3n) is 3.41. The molecule has 0 fully saturated rings. The summed E-state index contributed by atoms with van der Waals surface area (Å²) in [7, 11) is 0. The Morgan fingerprint density at radius 2 is 1.65 bits per heavy atom. The van der Waals surface area contributed by atoms with E-state index in [1.165, 1.54) is 6.07 Å². The molecular weight excluding hydrogens is 379 g/mol. The van der Waals surface area contributed by atoms with Crippen molar-refractivity contribution >= 4 is 27.5 Å². The topological polar surface area (TPSA) is 9.23 Å². The van der Waals surface area contributed by atoms with Crippen LogP contribution < -0.4 is 4.74 Å². The monoisotopic (exact) mass is 390 g/mol. The molecule has 0 radical (unpaired) electrons. The standard InChI is InChI=1S/C19H13BrClFO/c20-18-11-15(23-12-13-4-2-1-3-5-13)7-9-16(18)17-8-6-14(21)10-19(17)22/h1-11H,12H2. The van der Waals surface area contributed by atoms with E-state index in [2.05, 4.69) is 15.9 Å². The molecule has 0 aliphatic heterocycles. The number of hydrogen-bond donors (Lipinski definition) is 0. The summed E-state index contributed by atoms with van der Waals surface area (Å²) in [4.78, 5) is 0. The maximum absolute atomic E-state index is 14.0. The molecule has 1 nitrogen and oxygen atoms in total. The summed E-state index contributed by atoms with van der Waals surface area (Å²) in [5.41, 5.74) is 2.35. The van der Waals surface area contributed by atoms with Gasteiger partial charge in [-0.3, -0.25) is 0 Å². The van der Waals surface area contributed by atoms with Gasteiger partial charge < -0.3 is 4.74 Å². The lowest BCUT2D eigenvalue weighted by Crippen LogP contribution is -1.95. The van der Waals surface area contributed by atoms with Crippen LogP contribution in [-0.2, 0) is 6.61 Å². The van der Waals surface area contributed by atoms with Gasteiger partial charge in [0.2, 0.25) is 0 Å². The average Bonchev–Trinajstić information content (AvgIpc) is 2.55. The van der Waals surface area contributed by atoms with Gasteiger partial charge in [-0.05, 0) is 47.5 Å². The molecule has 0 atom stereocenters. The normalized spacial score (nSPS) is 10.6. The molecular formula is C19H13BrClFO. The zero-order valence-electron chi connectivity index (χ0n) is 12.1. The Morgan fingerprint density at radius 3 is 2.35 bits per heavy atom. The second-order valence-electron chi connectivity index (χ2n) is 5.04. The van der Waals surface area contributed by atoms with E-state index in [4.69, 9.17) is 16.3 Å². The Hall–Kier alpha value is -1.84. The van der Waals surface area contributed by atoms with Crippen molar-refractivity contribution in [3.8, 4) is 16.9 Å². The van der Waals surface area contributed by atoms with Crippen molar-refractivity contribution in [1.29, 1.82) is 0 Å². The lowest BCUT2D eigenvalue weighted by atomic mass is 10.1. The molecule has 3 aromatic carbocycles. The lowest BCUT2D eigenvalue weighted by Gasteiger charge is -2.10. The van der Waals surface area contributed by atoms with Crippen molar-refractivity contribution in [2.24, 2.45) is 0 Å². The molecule has 0 spiro atoms. The zero-order chi connectivity index (χ0) is 16.2. The Labute approximate surface area is 147 Å². The highest BCUT2D eigenvalue weighted by atomic mass is 79.9. The van der Waals surface area contributed by atoms with Crippen LogP contribution in [0.1, 0.15) is 5.56 Å². The maximum atomic E-state index is 14.0. The van der Waals surface area contributed by atoms with Gasteiger partial charge in [0.15, 0.2) is 0 Å². The molecule has 0 saturated heterocycles. The molecule has 0 aliphatic rings. The molecule has 0 N–H and O–H groups in total. The van der Waals surface area contributed by atoms with E-state index in [1.807, 2.05) is 48.5 Å². The third-order valence-corrected chi connectivity index (χ3v) is 4.30. The largest absolute Gasteiger partial charge is 0.489 e. The van der Waals surface area contributed by atoms with Crippen LogP contribution in [0, 0.1) is 5.82 Å². The molecule has 0 unspecified atom stereocenters. The van der Waals surface area contributed by atoms with Crippen molar-refractivity contribution in [3.05, 3.63) is 87.6 Å². The van der Waals surface area contributed by atoms with Crippen LogP contribution in [0.5, 0.6) is 5.75 Å². The van der Waals surface area contributed by atoms with E-state index in [9.17, 15) is 4.39 Å². The van der Waals surface area contributed by atoms with Gasteiger partial charge in [0.05, 0.1) is 0 Å². The summed E-state index contributed by atoms with van der Waals surface area (Å²) >= 11 is 9.28. The molecule has 0 heterocycles. The van der Waals surface area contributed by atoms with Crippen LogP contribution in [0.4, 0.5) is 4.39 Å².